The van der Waals surface area contributed by atoms with Gasteiger partial charge in [0.05, 0.1) is 12.6 Å². The van der Waals surface area contributed by atoms with Crippen molar-refractivity contribution >= 4 is 0 Å². The maximum atomic E-state index is 6.27. The van der Waals surface area contributed by atoms with Gasteiger partial charge in [-0.15, -0.1) is 0 Å². The third-order valence-electron chi connectivity index (χ3n) is 2.85. The minimum Gasteiger partial charge on any atom is -0.493 e. The number of para-hydroxylation sites is 1. The van der Waals surface area contributed by atoms with E-state index in [0.29, 0.717) is 6.61 Å². The van der Waals surface area contributed by atoms with Crippen molar-refractivity contribution < 1.29 is 4.74 Å². The van der Waals surface area contributed by atoms with E-state index in [9.17, 15) is 0 Å². The molecule has 4 nitrogen and oxygen atoms in total. The predicted octanol–water partition coefficient (Wildman–Crippen LogP) is 2.26. The van der Waals surface area contributed by atoms with E-state index in [0.717, 1.165) is 23.6 Å². The summed E-state index contributed by atoms with van der Waals surface area (Å²) in [6.45, 7) is 2.78. The molecule has 0 radical (unpaired) electrons. The van der Waals surface area contributed by atoms with Gasteiger partial charge in [-0.25, -0.2) is 4.98 Å². The van der Waals surface area contributed by atoms with E-state index in [2.05, 4.69) is 11.9 Å². The molecule has 0 fully saturated rings. The van der Waals surface area contributed by atoms with Crippen LogP contribution in [0.5, 0.6) is 5.75 Å². The average molecular weight is 245 g/mol. The molecule has 0 spiro atoms. The van der Waals surface area contributed by atoms with Crippen molar-refractivity contribution in [2.24, 2.45) is 12.8 Å². The Morgan fingerprint density at radius 2 is 2.17 bits per heavy atom. The number of nitrogens with two attached hydrogens (primary N) is 1. The number of hydrogen-bond donors (Lipinski definition) is 1. The monoisotopic (exact) mass is 245 g/mol. The third kappa shape index (κ3) is 2.54. The SMILES string of the molecule is CCCOc1ccccc1C(N)c1nccn1C. The van der Waals surface area contributed by atoms with Crippen molar-refractivity contribution in [1.82, 2.24) is 9.55 Å². The molecule has 18 heavy (non-hydrogen) atoms. The molecule has 2 N–H and O–H groups in total. The summed E-state index contributed by atoms with van der Waals surface area (Å²) >= 11 is 0. The lowest BCUT2D eigenvalue weighted by atomic mass is 10.1. The molecule has 1 atom stereocenters. The lowest BCUT2D eigenvalue weighted by molar-refractivity contribution is 0.313. The van der Waals surface area contributed by atoms with Crippen LogP contribution in [0.4, 0.5) is 0 Å². The first-order chi connectivity index (χ1) is 8.74. The molecule has 0 bridgehead atoms. The fraction of sp³-hybridized carbons (Fsp3) is 0.357. The van der Waals surface area contributed by atoms with E-state index >= 15 is 0 Å². The lowest BCUT2D eigenvalue weighted by Gasteiger charge is -2.16. The van der Waals surface area contributed by atoms with Crippen LogP contribution in [0, 0.1) is 0 Å². The molecule has 96 valence electrons. The molecular formula is C14H19N3O. The molecule has 1 aromatic heterocycles. The number of benzene rings is 1. The highest BCUT2D eigenvalue weighted by atomic mass is 16.5. The van der Waals surface area contributed by atoms with Crippen molar-refractivity contribution in [1.29, 1.82) is 0 Å². The van der Waals surface area contributed by atoms with Crippen molar-refractivity contribution in [3.05, 3.63) is 48.0 Å². The Morgan fingerprint density at radius 1 is 1.39 bits per heavy atom. The second kappa shape index (κ2) is 5.69. The first-order valence-corrected chi connectivity index (χ1v) is 6.18. The first kappa shape index (κ1) is 12.6. The third-order valence-corrected chi connectivity index (χ3v) is 2.85. The van der Waals surface area contributed by atoms with Crippen LogP contribution in [0.2, 0.25) is 0 Å². The molecule has 0 aliphatic carbocycles. The van der Waals surface area contributed by atoms with E-state index in [1.54, 1.807) is 6.20 Å². The minimum absolute atomic E-state index is 0.266. The molecule has 4 heteroatoms. The molecule has 1 unspecified atom stereocenters. The van der Waals surface area contributed by atoms with Crippen molar-refractivity contribution in [3.63, 3.8) is 0 Å². The molecule has 0 saturated heterocycles. The van der Waals surface area contributed by atoms with Crippen LogP contribution in [-0.2, 0) is 7.05 Å². The van der Waals surface area contributed by atoms with Gasteiger partial charge >= 0.3 is 0 Å². The average Bonchev–Trinajstić information content (AvgIpc) is 2.82. The fourth-order valence-electron chi connectivity index (χ4n) is 1.90. The van der Waals surface area contributed by atoms with Crippen LogP contribution in [0.15, 0.2) is 36.7 Å². The number of hydrogen-bond acceptors (Lipinski definition) is 3. The van der Waals surface area contributed by atoms with Crippen LogP contribution in [0.1, 0.15) is 30.8 Å². The number of ether oxygens (including phenoxy) is 1. The van der Waals surface area contributed by atoms with E-state index < -0.39 is 0 Å². The number of aromatic nitrogens is 2. The quantitative estimate of drug-likeness (QED) is 0.879. The second-order valence-corrected chi connectivity index (χ2v) is 4.26. The highest BCUT2D eigenvalue weighted by Crippen LogP contribution is 2.27. The van der Waals surface area contributed by atoms with Crippen LogP contribution in [-0.4, -0.2) is 16.2 Å². The molecule has 0 aliphatic rings. The minimum atomic E-state index is -0.266. The zero-order valence-corrected chi connectivity index (χ0v) is 10.8. The molecule has 0 saturated carbocycles. The van der Waals surface area contributed by atoms with Crippen LogP contribution in [0.25, 0.3) is 0 Å². The van der Waals surface area contributed by atoms with Crippen LogP contribution in [0.3, 0.4) is 0 Å². The number of aryl methyl sites for hydroxylation is 1. The van der Waals surface area contributed by atoms with Gasteiger partial charge in [-0.3, -0.25) is 0 Å². The van der Waals surface area contributed by atoms with Gasteiger partial charge in [-0.1, -0.05) is 25.1 Å². The standard InChI is InChI=1S/C14H19N3O/c1-3-10-18-12-7-5-4-6-11(12)13(15)14-16-8-9-17(14)2/h4-9,13H,3,10,15H2,1-2H3. The molecule has 2 rings (SSSR count). The van der Waals surface area contributed by atoms with E-state index in [4.69, 9.17) is 10.5 Å². The second-order valence-electron chi connectivity index (χ2n) is 4.26. The van der Waals surface area contributed by atoms with E-state index in [1.807, 2.05) is 42.1 Å². The maximum Gasteiger partial charge on any atom is 0.130 e. The summed E-state index contributed by atoms with van der Waals surface area (Å²) in [5, 5.41) is 0. The van der Waals surface area contributed by atoms with Crippen molar-refractivity contribution in [2.45, 2.75) is 19.4 Å². The maximum absolute atomic E-state index is 6.27. The summed E-state index contributed by atoms with van der Waals surface area (Å²) in [7, 11) is 1.94. The van der Waals surface area contributed by atoms with Crippen LogP contribution >= 0.6 is 0 Å². The summed E-state index contributed by atoms with van der Waals surface area (Å²) in [6.07, 6.45) is 4.63. The van der Waals surface area contributed by atoms with Gasteiger partial charge in [-0.05, 0) is 12.5 Å². The van der Waals surface area contributed by atoms with Crippen molar-refractivity contribution in [3.8, 4) is 5.75 Å². The molecule has 1 heterocycles. The van der Waals surface area contributed by atoms with Gasteiger partial charge < -0.3 is 15.0 Å². The predicted molar refractivity (Wildman–Crippen MR) is 71.5 cm³/mol. The summed E-state index contributed by atoms with van der Waals surface area (Å²) in [5.74, 6) is 1.68. The largest absolute Gasteiger partial charge is 0.493 e. The summed E-state index contributed by atoms with van der Waals surface area (Å²) < 4.78 is 7.66. The number of nitrogens with zero attached hydrogens (tertiary/aromatic N) is 2. The highest BCUT2D eigenvalue weighted by Gasteiger charge is 2.17. The van der Waals surface area contributed by atoms with Gasteiger partial charge in [0.1, 0.15) is 11.6 Å². The Hall–Kier alpha value is -1.81. The van der Waals surface area contributed by atoms with Gasteiger partial charge in [-0.2, -0.15) is 0 Å². The number of imidazole rings is 1. The van der Waals surface area contributed by atoms with E-state index in [1.165, 1.54) is 0 Å². The Balaban J connectivity index is 2.30. The zero-order valence-electron chi connectivity index (χ0n) is 10.8. The Kier molecular flexibility index (Phi) is 3.99. The first-order valence-electron chi connectivity index (χ1n) is 6.18. The van der Waals surface area contributed by atoms with Gasteiger partial charge in [0.15, 0.2) is 0 Å². The molecular weight excluding hydrogens is 226 g/mol. The normalized spacial score (nSPS) is 12.4. The molecule has 0 aliphatic heterocycles. The summed E-state index contributed by atoms with van der Waals surface area (Å²) in [5.41, 5.74) is 7.24. The lowest BCUT2D eigenvalue weighted by Crippen LogP contribution is -2.17. The van der Waals surface area contributed by atoms with Gasteiger partial charge in [0.25, 0.3) is 0 Å². The van der Waals surface area contributed by atoms with Gasteiger partial charge in [0.2, 0.25) is 0 Å². The molecule has 1 aromatic carbocycles. The fourth-order valence-corrected chi connectivity index (χ4v) is 1.90. The number of rotatable bonds is 5. The molecule has 2 aromatic rings. The van der Waals surface area contributed by atoms with Crippen molar-refractivity contribution in [2.75, 3.05) is 6.61 Å². The summed E-state index contributed by atoms with van der Waals surface area (Å²) in [4.78, 5) is 4.30. The van der Waals surface area contributed by atoms with Gasteiger partial charge in [0, 0.05) is 25.0 Å². The van der Waals surface area contributed by atoms with E-state index in [-0.39, 0.29) is 6.04 Å². The smallest absolute Gasteiger partial charge is 0.130 e. The Morgan fingerprint density at radius 3 is 2.83 bits per heavy atom. The Bertz CT molecular complexity index is 507. The summed E-state index contributed by atoms with van der Waals surface area (Å²) in [6, 6.07) is 7.60. The topological polar surface area (TPSA) is 53.1 Å². The molecule has 0 amide bonds. The zero-order chi connectivity index (χ0) is 13.0. The van der Waals surface area contributed by atoms with Crippen LogP contribution < -0.4 is 10.5 Å². The highest BCUT2D eigenvalue weighted by molar-refractivity contribution is 5.38. The Labute approximate surface area is 107 Å².